The van der Waals surface area contributed by atoms with Crippen molar-refractivity contribution >= 4 is 46.4 Å². The lowest BCUT2D eigenvalue weighted by molar-refractivity contribution is -0.133. The average Bonchev–Trinajstić information content (AvgIpc) is 3.49. The van der Waals surface area contributed by atoms with Crippen molar-refractivity contribution < 1.29 is 14.3 Å². The second-order valence-corrected chi connectivity index (χ2v) is 10.6. The van der Waals surface area contributed by atoms with E-state index in [2.05, 4.69) is 6.07 Å². The van der Waals surface area contributed by atoms with Crippen LogP contribution in [0.5, 0.6) is 0 Å². The molecule has 0 unspecified atom stereocenters. The molecule has 1 aliphatic rings. The molecule has 5 nitrogen and oxygen atoms in total. The zero-order valence-corrected chi connectivity index (χ0v) is 21.9. The molecule has 4 rings (SSSR count). The first-order chi connectivity index (χ1) is 16.9. The number of nitrogens with zero attached hydrogens (tertiary/aromatic N) is 2. The monoisotopic (exact) mass is 530 g/mol. The molecular formula is C27H28Cl2N2O3S. The van der Waals surface area contributed by atoms with Crippen molar-refractivity contribution in [3.8, 4) is 0 Å². The molecule has 2 amide bonds. The number of hydrogen-bond acceptors (Lipinski definition) is 4. The molecule has 184 valence electrons. The number of carbonyl (C=O) groups excluding carboxylic acids is 2. The second-order valence-electron chi connectivity index (χ2n) is 8.74. The Balaban J connectivity index is 1.58. The van der Waals surface area contributed by atoms with E-state index in [1.54, 1.807) is 34.4 Å². The first kappa shape index (κ1) is 25.7. The largest absolute Gasteiger partial charge is 0.376 e. The maximum Gasteiger partial charge on any atom is 0.254 e. The number of amides is 2. The molecule has 2 heterocycles. The van der Waals surface area contributed by atoms with Crippen LogP contribution in [0.1, 0.15) is 39.2 Å². The van der Waals surface area contributed by atoms with Crippen LogP contribution >= 0.6 is 34.5 Å². The average molecular weight is 532 g/mol. The molecule has 0 N–H and O–H groups in total. The Hall–Kier alpha value is -2.38. The number of aryl methyl sites for hydroxylation is 1. The number of carbonyl (C=O) groups is 2. The molecule has 0 radical (unpaired) electrons. The summed E-state index contributed by atoms with van der Waals surface area (Å²) in [7, 11) is 0. The fourth-order valence-corrected chi connectivity index (χ4v) is 5.60. The zero-order chi connectivity index (χ0) is 24.8. The molecule has 1 atom stereocenters. The fourth-order valence-electron chi connectivity index (χ4n) is 4.15. The van der Waals surface area contributed by atoms with E-state index in [0.29, 0.717) is 41.8 Å². The van der Waals surface area contributed by atoms with E-state index in [1.807, 2.05) is 47.5 Å². The molecule has 8 heteroatoms. The van der Waals surface area contributed by atoms with Crippen LogP contribution in [0, 0.1) is 6.92 Å². The van der Waals surface area contributed by atoms with E-state index in [-0.39, 0.29) is 24.5 Å². The Morgan fingerprint density at radius 1 is 1.03 bits per heavy atom. The van der Waals surface area contributed by atoms with Crippen LogP contribution in [0.4, 0.5) is 0 Å². The molecule has 0 bridgehead atoms. The molecule has 1 saturated heterocycles. The molecule has 1 aromatic heterocycles. The van der Waals surface area contributed by atoms with Gasteiger partial charge in [-0.25, -0.2) is 0 Å². The van der Waals surface area contributed by atoms with Crippen LogP contribution in [0.2, 0.25) is 10.0 Å². The molecule has 1 fully saturated rings. The summed E-state index contributed by atoms with van der Waals surface area (Å²) in [6, 6.07) is 16.7. The summed E-state index contributed by atoms with van der Waals surface area (Å²) >= 11 is 13.9. The number of benzene rings is 2. The Labute approximate surface area is 220 Å². The normalized spacial score (nSPS) is 15.2. The van der Waals surface area contributed by atoms with Crippen LogP contribution in [0.3, 0.4) is 0 Å². The number of thiophene rings is 1. The van der Waals surface area contributed by atoms with E-state index in [9.17, 15) is 9.59 Å². The van der Waals surface area contributed by atoms with Crippen molar-refractivity contribution in [2.24, 2.45) is 0 Å². The van der Waals surface area contributed by atoms with E-state index >= 15 is 0 Å². The molecule has 0 aliphatic carbocycles. The Bertz CT molecular complexity index is 1140. The minimum absolute atomic E-state index is 0.0555. The van der Waals surface area contributed by atoms with Gasteiger partial charge in [0.15, 0.2) is 0 Å². The number of hydrogen-bond donors (Lipinski definition) is 0. The van der Waals surface area contributed by atoms with Gasteiger partial charge in [-0.2, -0.15) is 0 Å². The van der Waals surface area contributed by atoms with Gasteiger partial charge in [0, 0.05) is 40.2 Å². The third-order valence-electron chi connectivity index (χ3n) is 6.04. The highest BCUT2D eigenvalue weighted by Crippen LogP contribution is 2.23. The van der Waals surface area contributed by atoms with Crippen molar-refractivity contribution in [1.82, 2.24) is 9.80 Å². The zero-order valence-electron chi connectivity index (χ0n) is 19.6. The Morgan fingerprint density at radius 2 is 1.77 bits per heavy atom. The minimum Gasteiger partial charge on any atom is -0.376 e. The predicted molar refractivity (Wildman–Crippen MR) is 141 cm³/mol. The lowest BCUT2D eigenvalue weighted by Gasteiger charge is -2.29. The summed E-state index contributed by atoms with van der Waals surface area (Å²) in [5.41, 5.74) is 2.55. The van der Waals surface area contributed by atoms with Gasteiger partial charge in [-0.3, -0.25) is 9.59 Å². The van der Waals surface area contributed by atoms with Crippen LogP contribution in [-0.4, -0.2) is 47.4 Å². The summed E-state index contributed by atoms with van der Waals surface area (Å²) in [6.45, 7) is 3.95. The first-order valence-corrected chi connectivity index (χ1v) is 13.2. The smallest absolute Gasteiger partial charge is 0.254 e. The molecule has 0 spiro atoms. The summed E-state index contributed by atoms with van der Waals surface area (Å²) in [4.78, 5) is 31.7. The third-order valence-corrected chi connectivity index (χ3v) is 7.49. The van der Waals surface area contributed by atoms with E-state index in [1.165, 1.54) is 0 Å². The van der Waals surface area contributed by atoms with Gasteiger partial charge in [-0.15, -0.1) is 11.3 Å². The van der Waals surface area contributed by atoms with Gasteiger partial charge in [0.2, 0.25) is 5.91 Å². The number of rotatable bonds is 9. The van der Waals surface area contributed by atoms with Crippen LogP contribution in [0.15, 0.2) is 60.0 Å². The third kappa shape index (κ3) is 7.07. The lowest BCUT2D eigenvalue weighted by atomic mass is 10.1. The fraction of sp³-hybridized carbons (Fsp3) is 0.333. The molecule has 0 saturated carbocycles. The van der Waals surface area contributed by atoms with Crippen molar-refractivity contribution in [2.45, 2.75) is 39.0 Å². The molecule has 1 aliphatic heterocycles. The molecule has 3 aromatic rings. The standard InChI is InChI=1S/C27H28Cl2N2O3S/c1-19-9-11-35-25(19)17-30(15-20-6-3-2-4-7-20)26(32)18-31(16-24-8-5-10-34-24)27(33)21-12-22(28)14-23(29)13-21/h2-4,6-7,9,11-14,24H,5,8,10,15-18H2,1H3/t24-/m0/s1. The van der Waals surface area contributed by atoms with Crippen molar-refractivity contribution in [3.05, 3.63) is 91.6 Å². The number of ether oxygens (including phenoxy) is 1. The number of halogens is 2. The van der Waals surface area contributed by atoms with Gasteiger partial charge in [0.25, 0.3) is 5.91 Å². The second kappa shape index (κ2) is 12.0. The van der Waals surface area contributed by atoms with Gasteiger partial charge < -0.3 is 14.5 Å². The highest BCUT2D eigenvalue weighted by molar-refractivity contribution is 7.10. The maximum atomic E-state index is 13.7. The van der Waals surface area contributed by atoms with Gasteiger partial charge in [0.1, 0.15) is 6.54 Å². The van der Waals surface area contributed by atoms with Crippen molar-refractivity contribution in [3.63, 3.8) is 0 Å². The summed E-state index contributed by atoms with van der Waals surface area (Å²) in [6.07, 6.45) is 1.71. The topological polar surface area (TPSA) is 49.9 Å². The van der Waals surface area contributed by atoms with Gasteiger partial charge in [-0.05, 0) is 60.5 Å². The van der Waals surface area contributed by atoms with Gasteiger partial charge in [-0.1, -0.05) is 53.5 Å². The van der Waals surface area contributed by atoms with Crippen LogP contribution in [-0.2, 0) is 22.6 Å². The Kier molecular flexibility index (Phi) is 8.84. The van der Waals surface area contributed by atoms with Crippen molar-refractivity contribution in [1.29, 1.82) is 0 Å². The SMILES string of the molecule is Cc1ccsc1CN(Cc1ccccc1)C(=O)CN(C[C@@H]1CCCO1)C(=O)c1cc(Cl)cc(Cl)c1. The minimum atomic E-state index is -0.287. The molecule has 35 heavy (non-hydrogen) atoms. The summed E-state index contributed by atoms with van der Waals surface area (Å²) < 4.78 is 5.79. The first-order valence-electron chi connectivity index (χ1n) is 11.6. The van der Waals surface area contributed by atoms with Gasteiger partial charge in [0.05, 0.1) is 12.6 Å². The highest BCUT2D eigenvalue weighted by atomic mass is 35.5. The van der Waals surface area contributed by atoms with E-state index < -0.39 is 0 Å². The molecule has 2 aromatic carbocycles. The summed E-state index contributed by atoms with van der Waals surface area (Å²) in [5, 5.41) is 2.79. The molecular weight excluding hydrogens is 503 g/mol. The van der Waals surface area contributed by atoms with E-state index in [0.717, 1.165) is 28.8 Å². The van der Waals surface area contributed by atoms with Crippen molar-refractivity contribution in [2.75, 3.05) is 19.7 Å². The van der Waals surface area contributed by atoms with Crippen LogP contribution < -0.4 is 0 Å². The maximum absolute atomic E-state index is 13.7. The quantitative estimate of drug-likeness (QED) is 0.330. The predicted octanol–water partition coefficient (Wildman–Crippen LogP) is 6.21. The lowest BCUT2D eigenvalue weighted by Crippen LogP contribution is -2.45. The summed E-state index contributed by atoms with van der Waals surface area (Å²) in [5.74, 6) is -0.411. The highest BCUT2D eigenvalue weighted by Gasteiger charge is 2.28. The van der Waals surface area contributed by atoms with Crippen LogP contribution in [0.25, 0.3) is 0 Å². The van der Waals surface area contributed by atoms with Gasteiger partial charge >= 0.3 is 0 Å². The Morgan fingerprint density at radius 3 is 2.40 bits per heavy atom. The van der Waals surface area contributed by atoms with E-state index in [4.69, 9.17) is 27.9 Å².